The summed E-state index contributed by atoms with van der Waals surface area (Å²) in [6.07, 6.45) is 5.65. The van der Waals surface area contributed by atoms with Gasteiger partial charge < -0.3 is 9.84 Å². The van der Waals surface area contributed by atoms with E-state index in [1.807, 2.05) is 48.5 Å². The van der Waals surface area contributed by atoms with Gasteiger partial charge in [0, 0.05) is 24.8 Å². The van der Waals surface area contributed by atoms with Gasteiger partial charge >= 0.3 is 0 Å². The van der Waals surface area contributed by atoms with E-state index >= 15 is 0 Å². The van der Waals surface area contributed by atoms with Crippen LogP contribution < -0.4 is 4.74 Å². The lowest BCUT2D eigenvalue weighted by molar-refractivity contribution is 0.129. The van der Waals surface area contributed by atoms with Gasteiger partial charge in [0.2, 0.25) is 0 Å². The highest BCUT2D eigenvalue weighted by molar-refractivity contribution is 5.70. The maximum Gasteiger partial charge on any atom is 0.146 e. The number of nitrogens with zero attached hydrogens (tertiary/aromatic N) is 2. The molecule has 2 aromatic carbocycles. The van der Waals surface area contributed by atoms with Gasteiger partial charge in [-0.2, -0.15) is 0 Å². The summed E-state index contributed by atoms with van der Waals surface area (Å²) in [5.41, 5.74) is 4.02. The maximum absolute atomic E-state index is 10.1. The van der Waals surface area contributed by atoms with Crippen LogP contribution in [0.5, 0.6) is 11.5 Å². The fourth-order valence-electron chi connectivity index (χ4n) is 3.83. The van der Waals surface area contributed by atoms with E-state index in [4.69, 9.17) is 4.74 Å². The van der Waals surface area contributed by atoms with Gasteiger partial charge in [-0.3, -0.25) is 9.88 Å². The summed E-state index contributed by atoms with van der Waals surface area (Å²) in [6.45, 7) is 6.25. The van der Waals surface area contributed by atoms with E-state index in [0.717, 1.165) is 60.6 Å². The summed E-state index contributed by atoms with van der Waals surface area (Å²) in [6, 6.07) is 19.7. The van der Waals surface area contributed by atoms with Gasteiger partial charge in [0.1, 0.15) is 23.3 Å². The molecule has 1 atom stereocenters. The normalized spacial score (nSPS) is 16.5. The van der Waals surface area contributed by atoms with Gasteiger partial charge in [0.15, 0.2) is 0 Å². The standard InChI is InChI=1S/C25H26N2O2/c1-2-3-7-15-27-17-20-16-21(28)12-13-22(20)25-23(11-8-14-26-25)29-24(18-27)19-9-5-4-6-10-19/h2,4-6,8-14,16,24,28H,1,3,7,15,17-18H2/t24-/m0/s1. The van der Waals surface area contributed by atoms with E-state index in [2.05, 4.69) is 28.6 Å². The number of rotatable bonds is 5. The van der Waals surface area contributed by atoms with Crippen LogP contribution in [-0.4, -0.2) is 28.1 Å². The Labute approximate surface area is 172 Å². The molecule has 0 aliphatic carbocycles. The molecule has 0 radical (unpaired) electrons. The van der Waals surface area contributed by atoms with Crippen LogP contribution in [0.1, 0.15) is 30.1 Å². The molecule has 0 fully saturated rings. The summed E-state index contributed by atoms with van der Waals surface area (Å²) in [5.74, 6) is 1.04. The monoisotopic (exact) mass is 386 g/mol. The minimum absolute atomic E-state index is 0.106. The number of hydrogen-bond donors (Lipinski definition) is 1. The van der Waals surface area contributed by atoms with Crippen LogP contribution in [0.4, 0.5) is 0 Å². The highest BCUT2D eigenvalue weighted by Gasteiger charge is 2.24. The molecule has 1 aromatic heterocycles. The highest BCUT2D eigenvalue weighted by Crippen LogP contribution is 2.37. The largest absolute Gasteiger partial charge is 0.508 e. The molecule has 2 heterocycles. The molecule has 0 amide bonds. The minimum atomic E-state index is -0.106. The topological polar surface area (TPSA) is 45.6 Å². The molecule has 1 N–H and O–H groups in total. The number of phenols is 1. The number of aromatic hydroxyl groups is 1. The van der Waals surface area contributed by atoms with Gasteiger partial charge in [-0.1, -0.05) is 36.4 Å². The Kier molecular flexibility index (Phi) is 5.92. The molecule has 4 heteroatoms. The molecule has 1 aliphatic rings. The van der Waals surface area contributed by atoms with E-state index in [0.29, 0.717) is 0 Å². The van der Waals surface area contributed by atoms with Gasteiger partial charge in [0.05, 0.1) is 0 Å². The summed E-state index contributed by atoms with van der Waals surface area (Å²) < 4.78 is 6.54. The molecule has 4 nitrogen and oxygen atoms in total. The van der Waals surface area contributed by atoms with Crippen LogP contribution in [0.3, 0.4) is 0 Å². The average Bonchev–Trinajstić information content (AvgIpc) is 2.80. The quantitative estimate of drug-likeness (QED) is 0.474. The van der Waals surface area contributed by atoms with Crippen molar-refractivity contribution in [1.82, 2.24) is 9.88 Å². The molecule has 0 saturated heterocycles. The second-order valence-electron chi connectivity index (χ2n) is 7.37. The van der Waals surface area contributed by atoms with Crippen molar-refractivity contribution >= 4 is 0 Å². The number of ether oxygens (including phenoxy) is 1. The third kappa shape index (κ3) is 4.49. The van der Waals surface area contributed by atoms with E-state index < -0.39 is 0 Å². The van der Waals surface area contributed by atoms with Crippen molar-refractivity contribution in [3.63, 3.8) is 0 Å². The number of hydrogen-bond acceptors (Lipinski definition) is 4. The van der Waals surface area contributed by atoms with Crippen LogP contribution >= 0.6 is 0 Å². The van der Waals surface area contributed by atoms with Crippen molar-refractivity contribution in [2.45, 2.75) is 25.5 Å². The van der Waals surface area contributed by atoms with Crippen molar-refractivity contribution in [3.8, 4) is 22.8 Å². The minimum Gasteiger partial charge on any atom is -0.508 e. The summed E-state index contributed by atoms with van der Waals surface area (Å²) in [7, 11) is 0. The Balaban J connectivity index is 1.78. The first-order chi connectivity index (χ1) is 14.2. The van der Waals surface area contributed by atoms with Crippen LogP contribution in [-0.2, 0) is 6.54 Å². The molecule has 29 heavy (non-hydrogen) atoms. The Morgan fingerprint density at radius 1 is 1.14 bits per heavy atom. The molecule has 0 unspecified atom stereocenters. The SMILES string of the molecule is C=CCCCN1Cc2cc(O)ccc2-c2ncccc2O[C@H](c2ccccc2)C1. The summed E-state index contributed by atoms with van der Waals surface area (Å²) in [5, 5.41) is 10.1. The predicted molar refractivity (Wildman–Crippen MR) is 116 cm³/mol. The fourth-order valence-corrected chi connectivity index (χ4v) is 3.83. The zero-order valence-corrected chi connectivity index (χ0v) is 16.5. The van der Waals surface area contributed by atoms with E-state index in [1.165, 1.54) is 0 Å². The average molecular weight is 386 g/mol. The first kappa shape index (κ1) is 19.2. The molecular weight excluding hydrogens is 360 g/mol. The molecule has 0 saturated carbocycles. The predicted octanol–water partition coefficient (Wildman–Crippen LogP) is 5.36. The Morgan fingerprint density at radius 3 is 2.83 bits per heavy atom. The van der Waals surface area contributed by atoms with Crippen LogP contribution in [0.2, 0.25) is 0 Å². The second-order valence-corrected chi connectivity index (χ2v) is 7.37. The smallest absolute Gasteiger partial charge is 0.146 e. The molecule has 0 spiro atoms. The van der Waals surface area contributed by atoms with E-state index in [-0.39, 0.29) is 11.9 Å². The van der Waals surface area contributed by atoms with E-state index in [1.54, 1.807) is 12.3 Å². The third-order valence-corrected chi connectivity index (χ3v) is 5.26. The molecule has 0 bridgehead atoms. The zero-order valence-electron chi connectivity index (χ0n) is 16.5. The third-order valence-electron chi connectivity index (χ3n) is 5.26. The number of aromatic nitrogens is 1. The summed E-state index contributed by atoms with van der Waals surface area (Å²) >= 11 is 0. The van der Waals surface area contributed by atoms with Crippen molar-refractivity contribution in [2.24, 2.45) is 0 Å². The summed E-state index contributed by atoms with van der Waals surface area (Å²) in [4.78, 5) is 7.02. The zero-order chi connectivity index (χ0) is 20.1. The number of unbranched alkanes of at least 4 members (excludes halogenated alkanes) is 1. The Morgan fingerprint density at radius 2 is 2.00 bits per heavy atom. The van der Waals surface area contributed by atoms with Gasteiger partial charge in [-0.25, -0.2) is 0 Å². The molecule has 4 rings (SSSR count). The number of allylic oxidation sites excluding steroid dienone is 1. The lowest BCUT2D eigenvalue weighted by Gasteiger charge is -2.27. The highest BCUT2D eigenvalue weighted by atomic mass is 16.5. The van der Waals surface area contributed by atoms with Gasteiger partial charge in [0.25, 0.3) is 0 Å². The van der Waals surface area contributed by atoms with Crippen molar-refractivity contribution < 1.29 is 9.84 Å². The van der Waals surface area contributed by atoms with Crippen LogP contribution in [0.15, 0.2) is 79.5 Å². The Hall–Kier alpha value is -3.11. The van der Waals surface area contributed by atoms with Gasteiger partial charge in [-0.15, -0.1) is 6.58 Å². The molecular formula is C25H26N2O2. The molecule has 3 aromatic rings. The number of pyridine rings is 1. The lowest BCUT2D eigenvalue weighted by atomic mass is 10.0. The lowest BCUT2D eigenvalue weighted by Crippen LogP contribution is -2.31. The maximum atomic E-state index is 10.1. The van der Waals surface area contributed by atoms with Crippen LogP contribution in [0.25, 0.3) is 11.3 Å². The number of phenolic OH excluding ortho intramolecular Hbond substituents is 1. The van der Waals surface area contributed by atoms with Gasteiger partial charge in [-0.05, 0) is 60.8 Å². The first-order valence-electron chi connectivity index (χ1n) is 10.1. The molecule has 148 valence electrons. The van der Waals surface area contributed by atoms with Crippen molar-refractivity contribution in [2.75, 3.05) is 13.1 Å². The number of fused-ring (bicyclic) bond motifs is 3. The van der Waals surface area contributed by atoms with Crippen molar-refractivity contribution in [1.29, 1.82) is 0 Å². The first-order valence-corrected chi connectivity index (χ1v) is 10.1. The number of benzene rings is 2. The molecule has 1 aliphatic heterocycles. The van der Waals surface area contributed by atoms with Crippen molar-refractivity contribution in [3.05, 3.63) is 90.6 Å². The fraction of sp³-hybridized carbons (Fsp3) is 0.240. The van der Waals surface area contributed by atoms with Crippen LogP contribution in [0, 0.1) is 0 Å². The van der Waals surface area contributed by atoms with E-state index in [9.17, 15) is 5.11 Å². The Bertz CT molecular complexity index is 972. The second kappa shape index (κ2) is 8.93.